The van der Waals surface area contributed by atoms with E-state index in [9.17, 15) is 24.1 Å². The van der Waals surface area contributed by atoms with Gasteiger partial charge in [-0.3, -0.25) is 0 Å². The minimum atomic E-state index is -1.50. The van der Waals surface area contributed by atoms with E-state index in [0.29, 0.717) is 14.6 Å². The maximum absolute atomic E-state index is 13.5. The van der Waals surface area contributed by atoms with Gasteiger partial charge in [0.05, 0.1) is 5.39 Å². The summed E-state index contributed by atoms with van der Waals surface area (Å²) in [6.07, 6.45) is -3.86. The molecular formula is C17H15F2IN4O4. The second-order valence-corrected chi connectivity index (χ2v) is 7.59. The predicted octanol–water partition coefficient (Wildman–Crippen LogP) is 1.25. The zero-order valence-corrected chi connectivity index (χ0v) is 16.2. The Morgan fingerprint density at radius 1 is 1.18 bits per heavy atom. The number of nitrogens with two attached hydrogens (primary N) is 1. The highest BCUT2D eigenvalue weighted by molar-refractivity contribution is 14.1. The lowest BCUT2D eigenvalue weighted by Crippen LogP contribution is -2.34. The Kier molecular flexibility index (Phi) is 4.95. The van der Waals surface area contributed by atoms with Gasteiger partial charge in [0.1, 0.15) is 42.2 Å². The number of hydrogen-bond acceptors (Lipinski definition) is 7. The Hall–Kier alpha value is -1.93. The minimum Gasteiger partial charge on any atom is -0.387 e. The lowest BCUT2D eigenvalue weighted by atomic mass is 9.99. The highest BCUT2D eigenvalue weighted by Crippen LogP contribution is 2.39. The van der Waals surface area contributed by atoms with Gasteiger partial charge in [0, 0.05) is 9.77 Å². The molecule has 0 spiro atoms. The van der Waals surface area contributed by atoms with Crippen LogP contribution in [0.5, 0.6) is 0 Å². The van der Waals surface area contributed by atoms with Crippen molar-refractivity contribution in [2.75, 3.05) is 5.73 Å². The molecule has 3 heterocycles. The molecule has 0 aliphatic carbocycles. The first-order chi connectivity index (χ1) is 13.3. The number of anilines is 1. The van der Waals surface area contributed by atoms with Crippen molar-refractivity contribution in [3.8, 4) is 0 Å². The molecule has 28 heavy (non-hydrogen) atoms. The van der Waals surface area contributed by atoms with Crippen LogP contribution in [0.2, 0.25) is 0 Å². The minimum absolute atomic E-state index is 0.00862. The number of ether oxygens (including phenoxy) is 1. The summed E-state index contributed by atoms with van der Waals surface area (Å²) in [6.45, 7) is 0. The number of hydrogen-bond donors (Lipinski definition) is 4. The molecule has 5 N–H and O–H groups in total. The van der Waals surface area contributed by atoms with Gasteiger partial charge in [0.25, 0.3) is 0 Å². The summed E-state index contributed by atoms with van der Waals surface area (Å²) in [5.74, 6) is -1.95. The van der Waals surface area contributed by atoms with E-state index < -0.39 is 42.3 Å². The third kappa shape index (κ3) is 3.03. The van der Waals surface area contributed by atoms with Crippen LogP contribution in [0.4, 0.5) is 14.6 Å². The normalized spacial score (nSPS) is 26.1. The van der Waals surface area contributed by atoms with Gasteiger partial charge < -0.3 is 30.4 Å². The molecule has 3 aromatic rings. The van der Waals surface area contributed by atoms with Crippen LogP contribution < -0.4 is 5.73 Å². The number of aromatic nitrogens is 3. The Bertz CT molecular complexity index is 1050. The van der Waals surface area contributed by atoms with Gasteiger partial charge >= 0.3 is 0 Å². The fraction of sp³-hybridized carbons (Fsp3) is 0.294. The summed E-state index contributed by atoms with van der Waals surface area (Å²) < 4.78 is 34.5. The van der Waals surface area contributed by atoms with Gasteiger partial charge in [-0.1, -0.05) is 6.07 Å². The van der Waals surface area contributed by atoms with E-state index in [1.165, 1.54) is 17.0 Å². The van der Waals surface area contributed by atoms with Gasteiger partial charge in [-0.15, -0.1) is 0 Å². The van der Waals surface area contributed by atoms with Gasteiger partial charge in [0.15, 0.2) is 17.9 Å². The van der Waals surface area contributed by atoms with E-state index in [4.69, 9.17) is 10.5 Å². The SMILES string of the molecule is Nc1ncnc2c1c(I)cn2C1OC(C(O)c2ccc(F)c(F)c2)C(O)C1O. The molecule has 2 aromatic heterocycles. The molecule has 8 nitrogen and oxygen atoms in total. The lowest BCUT2D eigenvalue weighted by molar-refractivity contribution is -0.0849. The molecule has 5 atom stereocenters. The molecule has 1 fully saturated rings. The quantitative estimate of drug-likeness (QED) is 0.396. The summed E-state index contributed by atoms with van der Waals surface area (Å²) >= 11 is 2.03. The number of aliphatic hydroxyl groups is 3. The van der Waals surface area contributed by atoms with Crippen LogP contribution in [0.3, 0.4) is 0 Å². The second kappa shape index (κ2) is 7.15. The van der Waals surface area contributed by atoms with Gasteiger partial charge in [-0.2, -0.15) is 0 Å². The lowest BCUT2D eigenvalue weighted by Gasteiger charge is -2.21. The van der Waals surface area contributed by atoms with E-state index in [1.54, 1.807) is 6.20 Å². The zero-order chi connectivity index (χ0) is 20.2. The molecule has 4 rings (SSSR count). The van der Waals surface area contributed by atoms with Gasteiger partial charge in [0.2, 0.25) is 0 Å². The molecule has 0 radical (unpaired) electrons. The van der Waals surface area contributed by atoms with Crippen LogP contribution in [0.25, 0.3) is 11.0 Å². The van der Waals surface area contributed by atoms with Crippen LogP contribution in [0, 0.1) is 15.2 Å². The van der Waals surface area contributed by atoms with Crippen LogP contribution in [0.15, 0.2) is 30.7 Å². The topological polar surface area (TPSA) is 127 Å². The highest BCUT2D eigenvalue weighted by atomic mass is 127. The first-order valence-electron chi connectivity index (χ1n) is 8.20. The number of benzene rings is 1. The molecule has 1 aliphatic heterocycles. The van der Waals surface area contributed by atoms with Crippen molar-refractivity contribution in [3.05, 3.63) is 51.5 Å². The standard InChI is InChI=1S/C17H15F2IN4O4/c18-7-2-1-6(3-8(7)19)11(25)14-12(26)13(27)17(28-14)24-4-9(20)10-15(21)22-5-23-16(10)24/h1-5,11-14,17,25-27H,(H2,21,22,23). The second-order valence-electron chi connectivity index (χ2n) is 6.43. The van der Waals surface area contributed by atoms with Crippen molar-refractivity contribution < 1.29 is 28.8 Å². The van der Waals surface area contributed by atoms with Crippen LogP contribution in [-0.4, -0.2) is 48.2 Å². The van der Waals surface area contributed by atoms with Gasteiger partial charge in [-0.05, 0) is 40.3 Å². The fourth-order valence-electron chi connectivity index (χ4n) is 3.32. The number of nitrogens with zero attached hydrogens (tertiary/aromatic N) is 3. The van der Waals surface area contributed by atoms with E-state index in [2.05, 4.69) is 9.97 Å². The van der Waals surface area contributed by atoms with E-state index >= 15 is 0 Å². The Balaban J connectivity index is 1.69. The molecule has 0 saturated carbocycles. The van der Waals surface area contributed by atoms with Crippen molar-refractivity contribution in [3.63, 3.8) is 0 Å². The maximum atomic E-state index is 13.5. The molecule has 11 heteroatoms. The Labute approximate surface area is 170 Å². The molecule has 0 amide bonds. The van der Waals surface area contributed by atoms with Crippen molar-refractivity contribution in [1.82, 2.24) is 14.5 Å². The van der Waals surface area contributed by atoms with Crippen LogP contribution in [-0.2, 0) is 4.74 Å². The number of fused-ring (bicyclic) bond motifs is 1. The number of aliphatic hydroxyl groups excluding tert-OH is 3. The third-order valence-corrected chi connectivity index (χ3v) is 5.56. The van der Waals surface area contributed by atoms with E-state index in [-0.39, 0.29) is 11.4 Å². The largest absolute Gasteiger partial charge is 0.387 e. The Morgan fingerprint density at radius 2 is 1.93 bits per heavy atom. The summed E-state index contributed by atoms with van der Waals surface area (Å²) in [5.41, 5.74) is 6.27. The van der Waals surface area contributed by atoms with Crippen molar-refractivity contribution in [2.24, 2.45) is 0 Å². The molecule has 1 aliphatic rings. The average Bonchev–Trinajstić information content (AvgIpc) is 3.15. The first kappa shape index (κ1) is 19.4. The fourth-order valence-corrected chi connectivity index (χ4v) is 4.14. The molecule has 148 valence electrons. The predicted molar refractivity (Wildman–Crippen MR) is 102 cm³/mol. The van der Waals surface area contributed by atoms with E-state index in [1.807, 2.05) is 22.6 Å². The number of rotatable bonds is 3. The summed E-state index contributed by atoms with van der Waals surface area (Å²) in [4.78, 5) is 8.09. The summed E-state index contributed by atoms with van der Waals surface area (Å²) in [7, 11) is 0. The summed E-state index contributed by atoms with van der Waals surface area (Å²) in [6, 6.07) is 2.86. The maximum Gasteiger partial charge on any atom is 0.164 e. The van der Waals surface area contributed by atoms with Crippen molar-refractivity contribution >= 4 is 39.4 Å². The van der Waals surface area contributed by atoms with Gasteiger partial charge in [-0.25, -0.2) is 18.7 Å². The smallest absolute Gasteiger partial charge is 0.164 e. The monoisotopic (exact) mass is 504 g/mol. The molecule has 0 bridgehead atoms. The zero-order valence-electron chi connectivity index (χ0n) is 14.1. The molecule has 5 unspecified atom stereocenters. The third-order valence-electron chi connectivity index (χ3n) is 4.74. The van der Waals surface area contributed by atoms with Crippen LogP contribution >= 0.6 is 22.6 Å². The first-order valence-corrected chi connectivity index (χ1v) is 9.28. The average molecular weight is 504 g/mol. The van der Waals surface area contributed by atoms with Crippen molar-refractivity contribution in [2.45, 2.75) is 30.6 Å². The highest BCUT2D eigenvalue weighted by Gasteiger charge is 2.47. The molecule has 1 saturated heterocycles. The molecule has 1 aromatic carbocycles. The Morgan fingerprint density at radius 3 is 2.64 bits per heavy atom. The number of nitrogen functional groups attached to an aromatic ring is 1. The van der Waals surface area contributed by atoms with Crippen LogP contribution in [0.1, 0.15) is 17.9 Å². The van der Waals surface area contributed by atoms with E-state index in [0.717, 1.165) is 12.1 Å². The number of halogens is 3. The van der Waals surface area contributed by atoms with Crippen molar-refractivity contribution in [1.29, 1.82) is 0 Å². The molecular weight excluding hydrogens is 489 g/mol. The summed E-state index contributed by atoms with van der Waals surface area (Å²) in [5, 5.41) is 32.0.